The van der Waals surface area contributed by atoms with E-state index in [1.54, 1.807) is 29.2 Å². The zero-order valence-electron chi connectivity index (χ0n) is 24.6. The molecule has 2 atom stereocenters. The van der Waals surface area contributed by atoms with Crippen molar-refractivity contribution in [3.05, 3.63) is 94.5 Å². The molecule has 0 heterocycles. The Balaban J connectivity index is 1.90. The Morgan fingerprint density at radius 2 is 1.60 bits per heavy atom. The first-order valence-corrected chi connectivity index (χ1v) is 16.7. The Hall–Kier alpha value is -3.37. The predicted molar refractivity (Wildman–Crippen MR) is 171 cm³/mol. The van der Waals surface area contributed by atoms with Gasteiger partial charge >= 0.3 is 0 Å². The third-order valence-electron chi connectivity index (χ3n) is 7.04. The van der Waals surface area contributed by atoms with E-state index in [0.717, 1.165) is 28.3 Å². The van der Waals surface area contributed by atoms with Crippen LogP contribution in [-0.4, -0.2) is 57.1 Å². The van der Waals surface area contributed by atoms with E-state index < -0.39 is 16.1 Å². The summed E-state index contributed by atoms with van der Waals surface area (Å²) in [6.07, 6.45) is 2.55. The SMILES string of the molecule is CC[C@@H](C)NC(=O)[C@H](Cc1ccccc1)N(Cc1ccc(Br)cc1)C(=O)CCCN(c1ccccc1OC)S(C)(=O)=O. The average Bonchev–Trinajstić information content (AvgIpc) is 2.97. The molecule has 10 heteroatoms. The number of hydrogen-bond acceptors (Lipinski definition) is 5. The van der Waals surface area contributed by atoms with Crippen LogP contribution in [0.3, 0.4) is 0 Å². The molecule has 0 aliphatic heterocycles. The summed E-state index contributed by atoms with van der Waals surface area (Å²) in [4.78, 5) is 29.2. The highest BCUT2D eigenvalue weighted by Crippen LogP contribution is 2.30. The summed E-state index contributed by atoms with van der Waals surface area (Å²) in [6.45, 7) is 4.26. The molecule has 3 rings (SSSR count). The summed E-state index contributed by atoms with van der Waals surface area (Å²) >= 11 is 3.46. The fourth-order valence-electron chi connectivity index (χ4n) is 4.60. The summed E-state index contributed by atoms with van der Waals surface area (Å²) in [7, 11) is -2.16. The van der Waals surface area contributed by atoms with Crippen LogP contribution in [0.5, 0.6) is 5.75 Å². The maximum Gasteiger partial charge on any atom is 0.243 e. The monoisotopic (exact) mass is 657 g/mol. The second-order valence-electron chi connectivity index (χ2n) is 10.3. The van der Waals surface area contributed by atoms with Gasteiger partial charge in [0.2, 0.25) is 21.8 Å². The van der Waals surface area contributed by atoms with E-state index in [4.69, 9.17) is 4.74 Å². The first-order chi connectivity index (χ1) is 20.0. The van der Waals surface area contributed by atoms with Gasteiger partial charge in [-0.3, -0.25) is 13.9 Å². The van der Waals surface area contributed by atoms with Crippen molar-refractivity contribution in [1.29, 1.82) is 0 Å². The van der Waals surface area contributed by atoms with Crippen LogP contribution in [0.25, 0.3) is 0 Å². The summed E-state index contributed by atoms with van der Waals surface area (Å²) in [5, 5.41) is 3.07. The van der Waals surface area contributed by atoms with Crippen LogP contribution in [0.2, 0.25) is 0 Å². The maximum absolute atomic E-state index is 13.9. The van der Waals surface area contributed by atoms with E-state index >= 15 is 0 Å². The molecule has 42 heavy (non-hydrogen) atoms. The lowest BCUT2D eigenvalue weighted by Crippen LogP contribution is -2.52. The van der Waals surface area contributed by atoms with Gasteiger partial charge in [-0.1, -0.05) is 77.5 Å². The highest BCUT2D eigenvalue weighted by Gasteiger charge is 2.31. The van der Waals surface area contributed by atoms with E-state index in [9.17, 15) is 18.0 Å². The van der Waals surface area contributed by atoms with Crippen LogP contribution in [0.1, 0.15) is 44.2 Å². The van der Waals surface area contributed by atoms with Gasteiger partial charge in [0.15, 0.2) is 0 Å². The zero-order valence-corrected chi connectivity index (χ0v) is 27.0. The number of para-hydroxylation sites is 2. The topological polar surface area (TPSA) is 96.0 Å². The molecule has 1 N–H and O–H groups in total. The first kappa shape index (κ1) is 33.1. The van der Waals surface area contributed by atoms with Crippen LogP contribution in [0, 0.1) is 0 Å². The van der Waals surface area contributed by atoms with Crippen molar-refractivity contribution in [2.45, 2.75) is 58.2 Å². The van der Waals surface area contributed by atoms with Crippen molar-refractivity contribution >= 4 is 43.5 Å². The zero-order chi connectivity index (χ0) is 30.7. The standard InChI is InChI=1S/C32H40BrN3O5S/c1-5-24(2)34-32(38)29(22-25-12-7-6-8-13-25)35(23-26-17-19-27(33)20-18-26)31(37)16-11-21-36(42(4,39)40)28-14-9-10-15-30(28)41-3/h6-10,12-15,17-20,24,29H,5,11,16,21-23H2,1-4H3,(H,34,38)/t24-,29+/m1/s1. The second-order valence-corrected chi connectivity index (χ2v) is 13.1. The summed E-state index contributed by atoms with van der Waals surface area (Å²) in [6, 6.07) is 23.4. The van der Waals surface area contributed by atoms with Crippen LogP contribution < -0.4 is 14.4 Å². The smallest absolute Gasteiger partial charge is 0.243 e. The molecule has 0 spiro atoms. The molecule has 0 saturated heterocycles. The number of benzene rings is 3. The number of nitrogens with one attached hydrogen (secondary N) is 1. The molecular weight excluding hydrogens is 618 g/mol. The van der Waals surface area contributed by atoms with Gasteiger partial charge in [-0.15, -0.1) is 0 Å². The third-order valence-corrected chi connectivity index (χ3v) is 8.75. The van der Waals surface area contributed by atoms with Gasteiger partial charge in [0.05, 0.1) is 19.1 Å². The van der Waals surface area contributed by atoms with Crippen molar-refractivity contribution in [3.63, 3.8) is 0 Å². The van der Waals surface area contributed by atoms with E-state index in [-0.39, 0.29) is 43.8 Å². The van der Waals surface area contributed by atoms with Crippen LogP contribution in [-0.2, 0) is 32.6 Å². The fraction of sp³-hybridized carbons (Fsp3) is 0.375. The largest absolute Gasteiger partial charge is 0.495 e. The van der Waals surface area contributed by atoms with E-state index in [1.807, 2.05) is 68.4 Å². The minimum atomic E-state index is -3.65. The molecule has 8 nitrogen and oxygen atoms in total. The van der Waals surface area contributed by atoms with Crippen molar-refractivity contribution in [3.8, 4) is 5.75 Å². The van der Waals surface area contributed by atoms with Crippen LogP contribution in [0.15, 0.2) is 83.3 Å². The third kappa shape index (κ3) is 9.59. The van der Waals surface area contributed by atoms with E-state index in [2.05, 4.69) is 21.2 Å². The molecule has 226 valence electrons. The number of sulfonamides is 1. The summed E-state index contributed by atoms with van der Waals surface area (Å²) in [5.74, 6) is -0.0205. The quantitative estimate of drug-likeness (QED) is 0.231. The lowest BCUT2D eigenvalue weighted by Gasteiger charge is -2.33. The molecule has 2 amide bonds. The van der Waals surface area contributed by atoms with Gasteiger partial charge in [0, 0.05) is 36.4 Å². The van der Waals surface area contributed by atoms with E-state index in [1.165, 1.54) is 11.4 Å². The van der Waals surface area contributed by atoms with Gasteiger partial charge in [0.1, 0.15) is 11.8 Å². The second kappa shape index (κ2) is 15.7. The molecule has 0 saturated carbocycles. The van der Waals surface area contributed by atoms with Crippen molar-refractivity contribution in [2.24, 2.45) is 0 Å². The van der Waals surface area contributed by atoms with Gasteiger partial charge in [-0.25, -0.2) is 8.42 Å². The number of nitrogens with zero attached hydrogens (tertiary/aromatic N) is 2. The Morgan fingerprint density at radius 3 is 2.21 bits per heavy atom. The van der Waals surface area contributed by atoms with Gasteiger partial charge in [0.25, 0.3) is 0 Å². The van der Waals surface area contributed by atoms with Crippen molar-refractivity contribution in [2.75, 3.05) is 24.2 Å². The van der Waals surface area contributed by atoms with Crippen LogP contribution >= 0.6 is 15.9 Å². The number of amides is 2. The maximum atomic E-state index is 13.9. The fourth-order valence-corrected chi connectivity index (χ4v) is 5.83. The Morgan fingerprint density at radius 1 is 0.952 bits per heavy atom. The Labute approximate surface area is 258 Å². The number of ether oxygens (including phenoxy) is 1. The molecule has 3 aromatic rings. The van der Waals surface area contributed by atoms with Crippen molar-refractivity contribution in [1.82, 2.24) is 10.2 Å². The molecule has 3 aromatic carbocycles. The molecule has 0 radical (unpaired) electrons. The summed E-state index contributed by atoms with van der Waals surface area (Å²) in [5.41, 5.74) is 2.24. The first-order valence-electron chi connectivity index (χ1n) is 14.0. The summed E-state index contributed by atoms with van der Waals surface area (Å²) < 4.78 is 33.0. The van der Waals surface area contributed by atoms with Gasteiger partial charge < -0.3 is 15.0 Å². The van der Waals surface area contributed by atoms with Gasteiger partial charge in [-0.2, -0.15) is 0 Å². The van der Waals surface area contributed by atoms with Gasteiger partial charge in [-0.05, 0) is 55.2 Å². The average molecular weight is 659 g/mol. The number of carbonyl (C=O) groups is 2. The number of methoxy groups -OCH3 is 1. The Bertz CT molecular complexity index is 1420. The highest BCUT2D eigenvalue weighted by atomic mass is 79.9. The van der Waals surface area contributed by atoms with Crippen molar-refractivity contribution < 1.29 is 22.7 Å². The number of anilines is 1. The highest BCUT2D eigenvalue weighted by molar-refractivity contribution is 9.10. The molecule has 0 aromatic heterocycles. The van der Waals surface area contributed by atoms with Crippen LogP contribution in [0.4, 0.5) is 5.69 Å². The lowest BCUT2D eigenvalue weighted by atomic mass is 10.0. The molecule has 0 aliphatic rings. The van der Waals surface area contributed by atoms with E-state index in [0.29, 0.717) is 17.9 Å². The Kier molecular flexibility index (Phi) is 12.4. The minimum Gasteiger partial charge on any atom is -0.495 e. The normalized spacial score (nSPS) is 12.7. The number of hydrogen-bond donors (Lipinski definition) is 1. The number of carbonyl (C=O) groups excluding carboxylic acids is 2. The number of halogens is 1. The molecule has 0 aliphatic carbocycles. The predicted octanol–water partition coefficient (Wildman–Crippen LogP) is 5.56. The molecule has 0 fully saturated rings. The molecule has 0 unspecified atom stereocenters. The minimum absolute atomic E-state index is 0.0513. The number of rotatable bonds is 15. The molecular formula is C32H40BrN3O5S. The molecule has 0 bridgehead atoms. The lowest BCUT2D eigenvalue weighted by molar-refractivity contribution is -0.141.